The minimum Gasteiger partial charge on any atom is -0.326 e. The lowest BCUT2D eigenvalue weighted by Gasteiger charge is -2.21. The van der Waals surface area contributed by atoms with Gasteiger partial charge in [-0.15, -0.1) is 0 Å². The van der Waals surface area contributed by atoms with Crippen molar-refractivity contribution in [3.63, 3.8) is 0 Å². The third-order valence-corrected chi connectivity index (χ3v) is 4.77. The van der Waals surface area contributed by atoms with Gasteiger partial charge in [-0.05, 0) is 41.8 Å². The Morgan fingerprint density at radius 3 is 2.29 bits per heavy atom. The molecule has 0 radical (unpaired) electrons. The summed E-state index contributed by atoms with van der Waals surface area (Å²) in [6, 6.07) is 13.0. The van der Waals surface area contributed by atoms with Gasteiger partial charge in [-0.1, -0.05) is 43.6 Å². The molecule has 2 aromatic carbocycles. The lowest BCUT2D eigenvalue weighted by molar-refractivity contribution is -0.118. The van der Waals surface area contributed by atoms with Gasteiger partial charge in [0.1, 0.15) is 0 Å². The molecule has 0 aliphatic heterocycles. The summed E-state index contributed by atoms with van der Waals surface area (Å²) >= 11 is 5.90. The second kappa shape index (κ2) is 7.34. The third kappa shape index (κ3) is 4.56. The molecule has 24 heavy (non-hydrogen) atoms. The van der Waals surface area contributed by atoms with Crippen molar-refractivity contribution in [1.82, 2.24) is 0 Å². The zero-order valence-electron chi connectivity index (χ0n) is 13.4. The molecule has 0 saturated carbocycles. The van der Waals surface area contributed by atoms with Crippen molar-refractivity contribution in [2.45, 2.75) is 24.7 Å². The number of benzene rings is 2. The minimum absolute atomic E-state index is 0.0483. The first kappa shape index (κ1) is 18.4. The highest BCUT2D eigenvalue weighted by atomic mass is 35.5. The average Bonchev–Trinajstić information content (AvgIpc) is 2.48. The molecule has 0 fully saturated rings. The van der Waals surface area contributed by atoms with Crippen LogP contribution in [-0.2, 0) is 14.8 Å². The fraction of sp³-hybridized carbons (Fsp3) is 0.235. The third-order valence-electron chi connectivity index (χ3n) is 3.61. The molecule has 5 nitrogen and oxygen atoms in total. The number of carbonyl (C=O) groups excluding carboxylic acids is 1. The molecule has 0 saturated heterocycles. The standard InChI is InChI=1S/C17H19ClN2O3S/c1-11(2)16(12-6-8-13(18)9-7-12)17(21)20-14-4-3-5-15(10-14)24(19,22)23/h3-11,16H,1-2H3,(H,20,21)(H2,19,22,23)/t16-/m1/s1. The van der Waals surface area contributed by atoms with Crippen LogP contribution in [0.5, 0.6) is 0 Å². The van der Waals surface area contributed by atoms with Crippen molar-refractivity contribution in [3.05, 3.63) is 59.1 Å². The van der Waals surface area contributed by atoms with Crippen LogP contribution in [0.2, 0.25) is 5.02 Å². The van der Waals surface area contributed by atoms with Crippen molar-refractivity contribution in [2.24, 2.45) is 11.1 Å². The first-order valence-electron chi connectivity index (χ1n) is 7.37. The van der Waals surface area contributed by atoms with E-state index in [-0.39, 0.29) is 22.6 Å². The quantitative estimate of drug-likeness (QED) is 0.850. The first-order valence-corrected chi connectivity index (χ1v) is 9.30. The maximum absolute atomic E-state index is 12.7. The van der Waals surface area contributed by atoms with Gasteiger partial charge in [-0.25, -0.2) is 13.6 Å². The van der Waals surface area contributed by atoms with Crippen molar-refractivity contribution in [3.8, 4) is 0 Å². The highest BCUT2D eigenvalue weighted by Gasteiger charge is 2.24. The number of amides is 1. The highest BCUT2D eigenvalue weighted by molar-refractivity contribution is 7.89. The summed E-state index contributed by atoms with van der Waals surface area (Å²) in [7, 11) is -3.82. The number of nitrogens with two attached hydrogens (primary N) is 1. The molecule has 0 unspecified atom stereocenters. The van der Waals surface area contributed by atoms with E-state index in [1.54, 1.807) is 18.2 Å². The van der Waals surface area contributed by atoms with E-state index in [1.165, 1.54) is 18.2 Å². The Kier molecular flexibility index (Phi) is 5.64. The van der Waals surface area contributed by atoms with Gasteiger partial charge >= 0.3 is 0 Å². The van der Waals surface area contributed by atoms with Crippen LogP contribution in [0.4, 0.5) is 5.69 Å². The van der Waals surface area contributed by atoms with E-state index < -0.39 is 10.0 Å². The number of rotatable bonds is 5. The Hall–Kier alpha value is -1.89. The fourth-order valence-corrected chi connectivity index (χ4v) is 3.17. The molecule has 128 valence electrons. The summed E-state index contributed by atoms with van der Waals surface area (Å²) < 4.78 is 22.8. The summed E-state index contributed by atoms with van der Waals surface area (Å²) in [6.07, 6.45) is 0. The molecule has 0 bridgehead atoms. The van der Waals surface area contributed by atoms with Gasteiger partial charge < -0.3 is 5.32 Å². The van der Waals surface area contributed by atoms with Crippen LogP contribution in [0.25, 0.3) is 0 Å². The molecule has 2 aromatic rings. The lowest BCUT2D eigenvalue weighted by Crippen LogP contribution is -2.25. The monoisotopic (exact) mass is 366 g/mol. The smallest absolute Gasteiger partial charge is 0.238 e. The van der Waals surface area contributed by atoms with E-state index in [0.717, 1.165) is 5.56 Å². The molecule has 1 amide bonds. The summed E-state index contributed by atoms with van der Waals surface area (Å²) in [6.45, 7) is 3.89. The van der Waals surface area contributed by atoms with E-state index >= 15 is 0 Å². The summed E-state index contributed by atoms with van der Waals surface area (Å²) in [4.78, 5) is 12.6. The molecular weight excluding hydrogens is 348 g/mol. The fourth-order valence-electron chi connectivity index (χ4n) is 2.48. The molecule has 0 aliphatic rings. The van der Waals surface area contributed by atoms with Gasteiger partial charge in [0, 0.05) is 10.7 Å². The Bertz CT molecular complexity index is 833. The number of nitrogens with one attached hydrogen (secondary N) is 1. The van der Waals surface area contributed by atoms with Crippen molar-refractivity contribution in [1.29, 1.82) is 0 Å². The van der Waals surface area contributed by atoms with E-state index in [4.69, 9.17) is 16.7 Å². The van der Waals surface area contributed by atoms with E-state index in [9.17, 15) is 13.2 Å². The van der Waals surface area contributed by atoms with Gasteiger partial charge in [0.05, 0.1) is 10.8 Å². The highest BCUT2D eigenvalue weighted by Crippen LogP contribution is 2.27. The predicted molar refractivity (Wildman–Crippen MR) is 95.5 cm³/mol. The topological polar surface area (TPSA) is 89.3 Å². The number of halogens is 1. The van der Waals surface area contributed by atoms with Gasteiger partial charge in [-0.3, -0.25) is 4.79 Å². The summed E-state index contributed by atoms with van der Waals surface area (Å²) in [5.41, 5.74) is 1.22. The first-order chi connectivity index (χ1) is 11.2. The number of sulfonamides is 1. The zero-order valence-corrected chi connectivity index (χ0v) is 14.9. The summed E-state index contributed by atoms with van der Waals surface area (Å²) in [5.74, 6) is -0.563. The molecule has 0 aromatic heterocycles. The van der Waals surface area contributed by atoms with Crippen molar-refractivity contribution < 1.29 is 13.2 Å². The van der Waals surface area contributed by atoms with Crippen molar-refractivity contribution in [2.75, 3.05) is 5.32 Å². The molecule has 7 heteroatoms. The van der Waals surface area contributed by atoms with Crippen LogP contribution in [0.1, 0.15) is 25.3 Å². The Labute approximate surface area is 146 Å². The maximum atomic E-state index is 12.7. The zero-order chi connectivity index (χ0) is 17.9. The minimum atomic E-state index is -3.82. The van der Waals surface area contributed by atoms with Gasteiger partial charge in [-0.2, -0.15) is 0 Å². The summed E-state index contributed by atoms with van der Waals surface area (Å²) in [5, 5.41) is 8.47. The van der Waals surface area contributed by atoms with Crippen LogP contribution < -0.4 is 10.5 Å². The predicted octanol–water partition coefficient (Wildman–Crippen LogP) is 3.37. The lowest BCUT2D eigenvalue weighted by atomic mass is 9.87. The molecule has 2 rings (SSSR count). The number of primary sulfonamides is 1. The van der Waals surface area contributed by atoms with Crippen LogP contribution in [-0.4, -0.2) is 14.3 Å². The Morgan fingerprint density at radius 1 is 1.12 bits per heavy atom. The molecule has 0 heterocycles. The molecular formula is C17H19ClN2O3S. The molecule has 0 aliphatic carbocycles. The number of hydrogen-bond donors (Lipinski definition) is 2. The van der Waals surface area contributed by atoms with Gasteiger partial charge in [0.15, 0.2) is 0 Å². The molecule has 1 atom stereocenters. The van der Waals surface area contributed by atoms with Crippen LogP contribution in [0.15, 0.2) is 53.4 Å². The maximum Gasteiger partial charge on any atom is 0.238 e. The second-order valence-electron chi connectivity index (χ2n) is 5.84. The number of hydrogen-bond acceptors (Lipinski definition) is 3. The van der Waals surface area contributed by atoms with Crippen LogP contribution >= 0.6 is 11.6 Å². The van der Waals surface area contributed by atoms with Crippen molar-refractivity contribution >= 4 is 33.2 Å². The van der Waals surface area contributed by atoms with Crippen LogP contribution in [0.3, 0.4) is 0 Å². The van der Waals surface area contributed by atoms with Gasteiger partial charge in [0.2, 0.25) is 15.9 Å². The number of carbonyl (C=O) groups is 1. The Balaban J connectivity index is 2.27. The molecule has 0 spiro atoms. The Morgan fingerprint density at radius 2 is 1.75 bits per heavy atom. The van der Waals surface area contributed by atoms with E-state index in [2.05, 4.69) is 5.32 Å². The average molecular weight is 367 g/mol. The normalized spacial score (nSPS) is 12.9. The largest absolute Gasteiger partial charge is 0.326 e. The molecule has 3 N–H and O–H groups in total. The van der Waals surface area contributed by atoms with Gasteiger partial charge in [0.25, 0.3) is 0 Å². The number of anilines is 1. The second-order valence-corrected chi connectivity index (χ2v) is 7.83. The van der Waals surface area contributed by atoms with Crippen LogP contribution in [0, 0.1) is 5.92 Å². The van der Waals surface area contributed by atoms with E-state index in [0.29, 0.717) is 10.7 Å². The SMILES string of the molecule is CC(C)[C@@H](C(=O)Nc1cccc(S(N)(=O)=O)c1)c1ccc(Cl)cc1. The van der Waals surface area contributed by atoms with E-state index in [1.807, 2.05) is 26.0 Å².